The highest BCUT2D eigenvalue weighted by atomic mass is 79.9. The third-order valence-corrected chi connectivity index (χ3v) is 6.36. The van der Waals surface area contributed by atoms with Crippen LogP contribution in [0.2, 0.25) is 0 Å². The molecule has 0 radical (unpaired) electrons. The monoisotopic (exact) mass is 506 g/mol. The maximum absolute atomic E-state index is 12.7. The molecular formula is C26H27BrN4O2. The Hall–Kier alpha value is -3.32. The predicted octanol–water partition coefficient (Wildman–Crippen LogP) is 5.29. The smallest absolute Gasteiger partial charge is 0.323 e. The van der Waals surface area contributed by atoms with E-state index in [-0.39, 0.29) is 11.9 Å². The molecule has 1 aliphatic heterocycles. The van der Waals surface area contributed by atoms with Crippen LogP contribution < -0.4 is 15.5 Å². The molecule has 0 spiro atoms. The molecule has 1 aliphatic rings. The van der Waals surface area contributed by atoms with E-state index in [1.807, 2.05) is 84.6 Å². The summed E-state index contributed by atoms with van der Waals surface area (Å²) in [6.07, 6.45) is 0.454. The number of nitrogens with zero attached hydrogens (tertiary/aromatic N) is 2. The molecular weight excluding hydrogens is 480 g/mol. The third-order valence-electron chi connectivity index (χ3n) is 5.83. The number of anilines is 3. The number of halogens is 1. The summed E-state index contributed by atoms with van der Waals surface area (Å²) < 4.78 is 0.959. The zero-order valence-corrected chi connectivity index (χ0v) is 20.1. The summed E-state index contributed by atoms with van der Waals surface area (Å²) in [5, 5.41) is 5.66. The van der Waals surface area contributed by atoms with Crippen LogP contribution in [0.3, 0.4) is 0 Å². The molecule has 7 heteroatoms. The first-order chi connectivity index (χ1) is 16.0. The number of hydrogen-bond acceptors (Lipinski definition) is 3. The van der Waals surface area contributed by atoms with E-state index in [2.05, 4.69) is 31.5 Å². The summed E-state index contributed by atoms with van der Waals surface area (Å²) in [5.41, 5.74) is 4.78. The van der Waals surface area contributed by atoms with Gasteiger partial charge in [-0.3, -0.25) is 4.79 Å². The lowest BCUT2D eigenvalue weighted by atomic mass is 10.1. The van der Waals surface area contributed by atoms with E-state index in [9.17, 15) is 9.59 Å². The van der Waals surface area contributed by atoms with E-state index in [4.69, 9.17) is 0 Å². The molecule has 3 amide bonds. The van der Waals surface area contributed by atoms with Gasteiger partial charge in [-0.25, -0.2) is 4.79 Å². The molecule has 33 heavy (non-hydrogen) atoms. The molecule has 4 rings (SSSR count). The number of carbonyl (C=O) groups is 2. The Morgan fingerprint density at radius 2 is 1.39 bits per heavy atom. The van der Waals surface area contributed by atoms with Gasteiger partial charge in [-0.05, 0) is 66.6 Å². The van der Waals surface area contributed by atoms with Crippen molar-refractivity contribution in [2.24, 2.45) is 0 Å². The highest BCUT2D eigenvalue weighted by molar-refractivity contribution is 9.10. The standard InChI is InChI=1S/C26H27BrN4O2/c1-19-4-2-3-5-20(19)18-25(32)31-16-14-30(15-17-31)24-12-10-23(11-13-24)29-26(33)28-22-8-6-21(27)7-9-22/h2-13H,14-18H2,1H3,(H2,28,29,33). The van der Waals surface area contributed by atoms with Gasteiger partial charge in [0.15, 0.2) is 0 Å². The van der Waals surface area contributed by atoms with Gasteiger partial charge in [-0.1, -0.05) is 40.2 Å². The van der Waals surface area contributed by atoms with Crippen LogP contribution in [0.25, 0.3) is 0 Å². The van der Waals surface area contributed by atoms with E-state index in [0.717, 1.165) is 45.8 Å². The van der Waals surface area contributed by atoms with Gasteiger partial charge in [0.2, 0.25) is 5.91 Å². The average molecular weight is 507 g/mol. The molecule has 0 unspecified atom stereocenters. The number of urea groups is 1. The normalized spacial score (nSPS) is 13.5. The van der Waals surface area contributed by atoms with Crippen LogP contribution in [0, 0.1) is 6.92 Å². The molecule has 0 bridgehead atoms. The number of benzene rings is 3. The van der Waals surface area contributed by atoms with Crippen molar-refractivity contribution in [1.29, 1.82) is 0 Å². The van der Waals surface area contributed by atoms with Crippen molar-refractivity contribution in [3.05, 3.63) is 88.4 Å². The number of nitrogens with one attached hydrogen (secondary N) is 2. The Bertz CT molecular complexity index is 1110. The highest BCUT2D eigenvalue weighted by Gasteiger charge is 2.21. The van der Waals surface area contributed by atoms with Crippen molar-refractivity contribution < 1.29 is 9.59 Å². The first-order valence-electron chi connectivity index (χ1n) is 11.0. The van der Waals surface area contributed by atoms with Gasteiger partial charge in [0.25, 0.3) is 0 Å². The van der Waals surface area contributed by atoms with Gasteiger partial charge in [-0.2, -0.15) is 0 Å². The van der Waals surface area contributed by atoms with E-state index < -0.39 is 0 Å². The van der Waals surface area contributed by atoms with E-state index in [1.54, 1.807) is 0 Å². The third kappa shape index (κ3) is 6.14. The van der Waals surface area contributed by atoms with Crippen LogP contribution in [0.1, 0.15) is 11.1 Å². The lowest BCUT2D eigenvalue weighted by Gasteiger charge is -2.36. The molecule has 0 saturated carbocycles. The second-order valence-corrected chi connectivity index (χ2v) is 9.02. The Balaban J connectivity index is 1.26. The minimum absolute atomic E-state index is 0.181. The highest BCUT2D eigenvalue weighted by Crippen LogP contribution is 2.21. The van der Waals surface area contributed by atoms with Gasteiger partial charge in [-0.15, -0.1) is 0 Å². The van der Waals surface area contributed by atoms with Crippen molar-refractivity contribution in [3.8, 4) is 0 Å². The molecule has 0 aromatic heterocycles. The molecule has 3 aromatic rings. The van der Waals surface area contributed by atoms with Crippen molar-refractivity contribution in [3.63, 3.8) is 0 Å². The van der Waals surface area contributed by atoms with E-state index in [1.165, 1.54) is 0 Å². The van der Waals surface area contributed by atoms with Gasteiger partial charge < -0.3 is 20.4 Å². The predicted molar refractivity (Wildman–Crippen MR) is 137 cm³/mol. The lowest BCUT2D eigenvalue weighted by Crippen LogP contribution is -2.49. The fraction of sp³-hybridized carbons (Fsp3) is 0.231. The zero-order chi connectivity index (χ0) is 23.2. The van der Waals surface area contributed by atoms with Crippen LogP contribution in [0.5, 0.6) is 0 Å². The molecule has 0 atom stereocenters. The van der Waals surface area contributed by atoms with E-state index in [0.29, 0.717) is 19.5 Å². The molecule has 1 heterocycles. The Kier molecular flexibility index (Phi) is 7.29. The molecule has 3 aromatic carbocycles. The summed E-state index contributed by atoms with van der Waals surface area (Å²) in [7, 11) is 0. The Morgan fingerprint density at radius 1 is 0.818 bits per heavy atom. The van der Waals surface area contributed by atoms with Crippen molar-refractivity contribution in [2.75, 3.05) is 41.7 Å². The molecule has 0 aliphatic carbocycles. The number of amides is 3. The number of piperazine rings is 1. The van der Waals surface area contributed by atoms with E-state index >= 15 is 0 Å². The average Bonchev–Trinajstić information content (AvgIpc) is 2.82. The van der Waals surface area contributed by atoms with Crippen LogP contribution in [-0.4, -0.2) is 43.0 Å². The summed E-state index contributed by atoms with van der Waals surface area (Å²) in [6, 6.07) is 23.0. The summed E-state index contributed by atoms with van der Waals surface area (Å²) in [5.74, 6) is 0.181. The Labute approximate surface area is 202 Å². The molecule has 1 saturated heterocycles. The number of hydrogen-bond donors (Lipinski definition) is 2. The van der Waals surface area contributed by atoms with Crippen LogP contribution >= 0.6 is 15.9 Å². The molecule has 170 valence electrons. The minimum atomic E-state index is -0.286. The van der Waals surface area contributed by atoms with Crippen LogP contribution in [0.15, 0.2) is 77.3 Å². The van der Waals surface area contributed by atoms with Crippen molar-refractivity contribution in [2.45, 2.75) is 13.3 Å². The first kappa shape index (κ1) is 22.9. The topological polar surface area (TPSA) is 64.7 Å². The SMILES string of the molecule is Cc1ccccc1CC(=O)N1CCN(c2ccc(NC(=O)Nc3ccc(Br)cc3)cc2)CC1. The maximum Gasteiger partial charge on any atom is 0.323 e. The fourth-order valence-corrected chi connectivity index (χ4v) is 4.14. The van der Waals surface area contributed by atoms with Gasteiger partial charge >= 0.3 is 6.03 Å². The first-order valence-corrected chi connectivity index (χ1v) is 11.8. The fourth-order valence-electron chi connectivity index (χ4n) is 3.88. The lowest BCUT2D eigenvalue weighted by molar-refractivity contribution is -0.130. The molecule has 2 N–H and O–H groups in total. The largest absolute Gasteiger partial charge is 0.368 e. The maximum atomic E-state index is 12.7. The second-order valence-electron chi connectivity index (χ2n) is 8.10. The quantitative estimate of drug-likeness (QED) is 0.493. The van der Waals surface area contributed by atoms with Crippen molar-refractivity contribution in [1.82, 2.24) is 4.90 Å². The molecule has 6 nitrogen and oxygen atoms in total. The van der Waals surface area contributed by atoms with Crippen LogP contribution in [-0.2, 0) is 11.2 Å². The van der Waals surface area contributed by atoms with Crippen LogP contribution in [0.4, 0.5) is 21.9 Å². The zero-order valence-electron chi connectivity index (χ0n) is 18.6. The van der Waals surface area contributed by atoms with Gasteiger partial charge in [0.1, 0.15) is 0 Å². The molecule has 1 fully saturated rings. The van der Waals surface area contributed by atoms with Gasteiger partial charge in [0.05, 0.1) is 6.42 Å². The van der Waals surface area contributed by atoms with Gasteiger partial charge in [0, 0.05) is 47.7 Å². The summed E-state index contributed by atoms with van der Waals surface area (Å²) in [4.78, 5) is 29.2. The Morgan fingerprint density at radius 3 is 2.00 bits per heavy atom. The number of aryl methyl sites for hydroxylation is 1. The minimum Gasteiger partial charge on any atom is -0.368 e. The summed E-state index contributed by atoms with van der Waals surface area (Å²) in [6.45, 7) is 5.04. The number of rotatable bonds is 5. The number of carbonyl (C=O) groups excluding carboxylic acids is 2. The second kappa shape index (κ2) is 10.5. The van der Waals surface area contributed by atoms with Crippen molar-refractivity contribution >= 4 is 44.9 Å². The summed E-state index contributed by atoms with van der Waals surface area (Å²) >= 11 is 3.38.